The van der Waals surface area contributed by atoms with Gasteiger partial charge < -0.3 is 14.6 Å². The molecule has 2 aromatic carbocycles. The molecule has 0 aliphatic heterocycles. The lowest BCUT2D eigenvalue weighted by Crippen LogP contribution is -2.32. The molecule has 8 nitrogen and oxygen atoms in total. The van der Waals surface area contributed by atoms with Gasteiger partial charge >= 0.3 is 0 Å². The molecule has 0 bridgehead atoms. The molecule has 4 rings (SSSR count). The van der Waals surface area contributed by atoms with Gasteiger partial charge in [0.1, 0.15) is 12.3 Å². The first-order valence-corrected chi connectivity index (χ1v) is 9.51. The van der Waals surface area contributed by atoms with Crippen LogP contribution in [0.3, 0.4) is 0 Å². The maximum atomic E-state index is 12.4. The molecular weight excluding hydrogens is 382 g/mol. The summed E-state index contributed by atoms with van der Waals surface area (Å²) in [5.74, 6) is 0.598. The average Bonchev–Trinajstić information content (AvgIpc) is 3.18. The van der Waals surface area contributed by atoms with E-state index in [1.54, 1.807) is 18.0 Å². The van der Waals surface area contributed by atoms with E-state index in [2.05, 4.69) is 15.3 Å². The molecule has 0 spiro atoms. The number of hydrogen-bond donors (Lipinski definition) is 1. The Morgan fingerprint density at radius 2 is 1.80 bits per heavy atom. The largest absolute Gasteiger partial charge is 0.497 e. The SMILES string of the molecule is COc1ccc(-c2cc(=O)n(CCNC(=O)Cn3cnc4ccccc43)cn2)cc1. The van der Waals surface area contributed by atoms with Crippen LogP contribution in [0.25, 0.3) is 22.3 Å². The third-order valence-corrected chi connectivity index (χ3v) is 4.78. The minimum absolute atomic E-state index is 0.144. The molecule has 0 atom stereocenters. The molecule has 0 aliphatic carbocycles. The third-order valence-electron chi connectivity index (χ3n) is 4.78. The first kappa shape index (κ1) is 19.4. The molecule has 8 heteroatoms. The zero-order valence-electron chi connectivity index (χ0n) is 16.5. The van der Waals surface area contributed by atoms with Crippen LogP contribution >= 0.6 is 0 Å². The Labute approximate surface area is 172 Å². The number of imidazole rings is 1. The van der Waals surface area contributed by atoms with Crippen LogP contribution < -0.4 is 15.6 Å². The molecule has 0 saturated carbocycles. The number of carbonyl (C=O) groups is 1. The molecule has 0 unspecified atom stereocenters. The summed E-state index contributed by atoms with van der Waals surface area (Å²) in [6.45, 7) is 0.837. The predicted molar refractivity (Wildman–Crippen MR) is 113 cm³/mol. The quantitative estimate of drug-likeness (QED) is 0.510. The topological polar surface area (TPSA) is 91.0 Å². The molecule has 0 aliphatic rings. The summed E-state index contributed by atoms with van der Waals surface area (Å²) in [6.07, 6.45) is 3.15. The fraction of sp³-hybridized carbons (Fsp3) is 0.182. The highest BCUT2D eigenvalue weighted by atomic mass is 16.5. The van der Waals surface area contributed by atoms with Gasteiger partial charge in [-0.2, -0.15) is 0 Å². The van der Waals surface area contributed by atoms with Gasteiger partial charge in [-0.25, -0.2) is 9.97 Å². The number of para-hydroxylation sites is 2. The fourth-order valence-electron chi connectivity index (χ4n) is 3.18. The van der Waals surface area contributed by atoms with E-state index in [0.717, 1.165) is 22.3 Å². The summed E-state index contributed by atoms with van der Waals surface area (Å²) in [6, 6.07) is 16.5. The van der Waals surface area contributed by atoms with Gasteiger partial charge in [-0.05, 0) is 36.4 Å². The van der Waals surface area contributed by atoms with Crippen molar-refractivity contribution in [3.8, 4) is 17.0 Å². The molecule has 4 aromatic rings. The standard InChI is InChI=1S/C22H21N5O3/c1-30-17-8-6-16(7-9-17)19-12-22(29)26(14-25-19)11-10-23-21(28)13-27-15-24-18-4-2-3-5-20(18)27/h2-9,12,14-15H,10-11,13H2,1H3,(H,23,28). The number of benzene rings is 2. The summed E-state index contributed by atoms with van der Waals surface area (Å²) < 4.78 is 8.41. The van der Waals surface area contributed by atoms with Crippen molar-refractivity contribution in [3.05, 3.63) is 77.6 Å². The molecule has 30 heavy (non-hydrogen) atoms. The Hall–Kier alpha value is -3.94. The van der Waals surface area contributed by atoms with Crippen LogP contribution in [0.5, 0.6) is 5.75 Å². The number of carbonyl (C=O) groups excluding carboxylic acids is 1. The Balaban J connectivity index is 1.34. The van der Waals surface area contributed by atoms with Gasteiger partial charge in [-0.1, -0.05) is 12.1 Å². The van der Waals surface area contributed by atoms with E-state index in [4.69, 9.17) is 4.74 Å². The number of aromatic nitrogens is 4. The maximum absolute atomic E-state index is 12.4. The van der Waals surface area contributed by atoms with Crippen molar-refractivity contribution in [3.63, 3.8) is 0 Å². The van der Waals surface area contributed by atoms with Crippen LogP contribution in [-0.4, -0.2) is 38.7 Å². The van der Waals surface area contributed by atoms with Crippen molar-refractivity contribution in [1.82, 2.24) is 24.4 Å². The van der Waals surface area contributed by atoms with Crippen LogP contribution in [0, 0.1) is 0 Å². The van der Waals surface area contributed by atoms with Crippen LogP contribution in [0.4, 0.5) is 0 Å². The second kappa shape index (κ2) is 8.60. The number of nitrogens with zero attached hydrogens (tertiary/aromatic N) is 4. The van der Waals surface area contributed by atoms with E-state index >= 15 is 0 Å². The minimum atomic E-state index is -0.175. The average molecular weight is 403 g/mol. The highest BCUT2D eigenvalue weighted by Crippen LogP contribution is 2.19. The molecule has 0 fully saturated rings. The molecule has 1 amide bonds. The number of hydrogen-bond acceptors (Lipinski definition) is 5. The predicted octanol–water partition coefficient (Wildman–Crippen LogP) is 2.08. The van der Waals surface area contributed by atoms with E-state index < -0.39 is 0 Å². The lowest BCUT2D eigenvalue weighted by Gasteiger charge is -2.09. The first-order chi connectivity index (χ1) is 14.6. The molecule has 2 aromatic heterocycles. The highest BCUT2D eigenvalue weighted by Gasteiger charge is 2.08. The van der Waals surface area contributed by atoms with Gasteiger partial charge in [0.2, 0.25) is 5.91 Å². The number of rotatable bonds is 7. The number of methoxy groups -OCH3 is 1. The van der Waals surface area contributed by atoms with Crippen molar-refractivity contribution < 1.29 is 9.53 Å². The van der Waals surface area contributed by atoms with E-state index in [-0.39, 0.29) is 18.0 Å². The molecule has 152 valence electrons. The van der Waals surface area contributed by atoms with Crippen LogP contribution in [0.2, 0.25) is 0 Å². The summed E-state index contributed by atoms with van der Waals surface area (Å²) in [7, 11) is 1.60. The van der Waals surface area contributed by atoms with Crippen molar-refractivity contribution in [1.29, 1.82) is 0 Å². The number of fused-ring (bicyclic) bond motifs is 1. The van der Waals surface area contributed by atoms with Gasteiger partial charge in [-0.3, -0.25) is 14.2 Å². The fourth-order valence-corrected chi connectivity index (χ4v) is 3.18. The van der Waals surface area contributed by atoms with Crippen molar-refractivity contribution >= 4 is 16.9 Å². The minimum Gasteiger partial charge on any atom is -0.497 e. The van der Waals surface area contributed by atoms with Crippen molar-refractivity contribution in [2.24, 2.45) is 0 Å². The zero-order chi connectivity index (χ0) is 20.9. The summed E-state index contributed by atoms with van der Waals surface area (Å²) in [5, 5.41) is 2.83. The summed E-state index contributed by atoms with van der Waals surface area (Å²) in [4.78, 5) is 33.3. The first-order valence-electron chi connectivity index (χ1n) is 9.51. The smallest absolute Gasteiger partial charge is 0.253 e. The monoisotopic (exact) mass is 403 g/mol. The van der Waals surface area contributed by atoms with Crippen LogP contribution in [-0.2, 0) is 17.9 Å². The highest BCUT2D eigenvalue weighted by molar-refractivity contribution is 5.80. The van der Waals surface area contributed by atoms with Crippen molar-refractivity contribution in [2.75, 3.05) is 13.7 Å². The molecule has 0 saturated heterocycles. The van der Waals surface area contributed by atoms with Gasteiger partial charge in [0.05, 0.1) is 36.5 Å². The number of amides is 1. The lowest BCUT2D eigenvalue weighted by molar-refractivity contribution is -0.121. The lowest BCUT2D eigenvalue weighted by atomic mass is 10.1. The maximum Gasteiger partial charge on any atom is 0.253 e. The number of nitrogens with one attached hydrogen (secondary N) is 1. The van der Waals surface area contributed by atoms with Crippen LogP contribution in [0.1, 0.15) is 0 Å². The third kappa shape index (κ3) is 4.22. The zero-order valence-corrected chi connectivity index (χ0v) is 16.5. The van der Waals surface area contributed by atoms with E-state index in [1.807, 2.05) is 48.5 Å². The Kier molecular flexibility index (Phi) is 5.56. The second-order valence-electron chi connectivity index (χ2n) is 6.75. The van der Waals surface area contributed by atoms with E-state index in [9.17, 15) is 9.59 Å². The van der Waals surface area contributed by atoms with Gasteiger partial charge in [0, 0.05) is 24.7 Å². The Bertz CT molecular complexity index is 1230. The molecule has 1 N–H and O–H groups in total. The number of ether oxygens (including phenoxy) is 1. The van der Waals surface area contributed by atoms with Gasteiger partial charge in [-0.15, -0.1) is 0 Å². The molecule has 2 heterocycles. The Morgan fingerprint density at radius 3 is 2.57 bits per heavy atom. The Morgan fingerprint density at radius 1 is 1.03 bits per heavy atom. The second-order valence-corrected chi connectivity index (χ2v) is 6.75. The summed E-state index contributed by atoms with van der Waals surface area (Å²) in [5.41, 5.74) is 3.00. The van der Waals surface area contributed by atoms with Crippen molar-refractivity contribution in [2.45, 2.75) is 13.1 Å². The molecular formula is C22H21N5O3. The molecule has 0 radical (unpaired) electrons. The van der Waals surface area contributed by atoms with E-state index in [0.29, 0.717) is 18.8 Å². The van der Waals surface area contributed by atoms with Gasteiger partial charge in [0.15, 0.2) is 0 Å². The van der Waals surface area contributed by atoms with E-state index in [1.165, 1.54) is 17.0 Å². The summed E-state index contributed by atoms with van der Waals surface area (Å²) >= 11 is 0. The normalized spacial score (nSPS) is 10.8. The van der Waals surface area contributed by atoms with Crippen LogP contribution in [0.15, 0.2) is 72.0 Å². The van der Waals surface area contributed by atoms with Gasteiger partial charge in [0.25, 0.3) is 5.56 Å².